The minimum Gasteiger partial charge on any atom is -0.494 e. The van der Waals surface area contributed by atoms with Crippen molar-refractivity contribution in [2.24, 2.45) is 10.2 Å². The zero-order valence-electron chi connectivity index (χ0n) is 34.5. The van der Waals surface area contributed by atoms with Crippen molar-refractivity contribution in [3.05, 3.63) is 139 Å². The molecular formula is C48H52N2O11. The van der Waals surface area contributed by atoms with Crippen molar-refractivity contribution < 1.29 is 52.3 Å². The quantitative estimate of drug-likeness (QED) is 0.0141. The van der Waals surface area contributed by atoms with Crippen LogP contribution in [0.15, 0.2) is 127 Å². The Bertz CT molecular complexity index is 2080. The van der Waals surface area contributed by atoms with Gasteiger partial charge in [0.15, 0.2) is 11.5 Å². The average molecular weight is 833 g/mol. The number of hydrogen-bond donors (Lipinski definition) is 0. The Morgan fingerprint density at radius 2 is 0.934 bits per heavy atom. The lowest BCUT2D eigenvalue weighted by atomic mass is 10.2. The van der Waals surface area contributed by atoms with Crippen LogP contribution < -0.4 is 23.7 Å². The third-order valence-corrected chi connectivity index (χ3v) is 8.66. The Labute approximate surface area is 356 Å². The summed E-state index contributed by atoms with van der Waals surface area (Å²) in [5.41, 5.74) is 2.16. The highest BCUT2D eigenvalue weighted by atomic mass is 16.6. The summed E-state index contributed by atoms with van der Waals surface area (Å²) in [6.07, 6.45) is 12.4. The second kappa shape index (κ2) is 26.9. The third-order valence-electron chi connectivity index (χ3n) is 8.66. The van der Waals surface area contributed by atoms with Crippen LogP contribution in [0.25, 0.3) is 0 Å². The molecule has 4 rings (SSSR count). The number of rotatable bonds is 27. The smallest absolute Gasteiger partial charge is 0.343 e. The summed E-state index contributed by atoms with van der Waals surface area (Å²) in [4.78, 5) is 47.8. The van der Waals surface area contributed by atoms with Crippen molar-refractivity contribution in [1.29, 1.82) is 0 Å². The molecule has 4 aromatic rings. The Kier molecular flexibility index (Phi) is 20.6. The molecule has 0 N–H and O–H groups in total. The van der Waals surface area contributed by atoms with E-state index in [0.717, 1.165) is 69.1 Å². The van der Waals surface area contributed by atoms with Crippen molar-refractivity contribution in [2.75, 3.05) is 33.0 Å². The van der Waals surface area contributed by atoms with Crippen molar-refractivity contribution in [3.63, 3.8) is 0 Å². The molecule has 0 aromatic heterocycles. The van der Waals surface area contributed by atoms with Gasteiger partial charge in [-0.3, -0.25) is 0 Å². The third kappa shape index (κ3) is 17.8. The molecule has 0 spiro atoms. The van der Waals surface area contributed by atoms with Gasteiger partial charge in [-0.1, -0.05) is 13.2 Å². The lowest BCUT2D eigenvalue weighted by molar-refractivity contribution is -0.138. The van der Waals surface area contributed by atoms with E-state index >= 15 is 0 Å². The van der Waals surface area contributed by atoms with Gasteiger partial charge in [-0.15, -0.1) is 0 Å². The number of carbonyl (C=O) groups is 4. The number of nitrogens with zero attached hydrogens (tertiary/aromatic N) is 2. The van der Waals surface area contributed by atoms with Gasteiger partial charge < -0.3 is 33.2 Å². The Morgan fingerprint density at radius 1 is 0.492 bits per heavy atom. The normalized spacial score (nSPS) is 10.8. The van der Waals surface area contributed by atoms with E-state index in [4.69, 9.17) is 33.2 Å². The SMILES string of the molecule is C=CC(=O)OCCCCCCOc1ccc(C(=O)Oc2ccc(C=NN=Cc3ccc(OC(=O)c4ccc(OCCCCCCOC(=O)C=C)cc4)c(OCC)c3)cc2)cc1. The molecule has 4 aromatic carbocycles. The highest BCUT2D eigenvalue weighted by Crippen LogP contribution is 2.29. The molecule has 0 aliphatic carbocycles. The first-order valence-electron chi connectivity index (χ1n) is 20.2. The second-order valence-electron chi connectivity index (χ2n) is 13.3. The Balaban J connectivity index is 1.17. The number of carbonyl (C=O) groups excluding carboxylic acids is 4. The van der Waals surface area contributed by atoms with Crippen LogP contribution in [0, 0.1) is 0 Å². The summed E-state index contributed by atoms with van der Waals surface area (Å²) in [5, 5.41) is 8.26. The maximum atomic E-state index is 13.0. The van der Waals surface area contributed by atoms with Gasteiger partial charge in [0.1, 0.15) is 17.2 Å². The monoisotopic (exact) mass is 832 g/mol. The van der Waals surface area contributed by atoms with E-state index in [1.165, 1.54) is 0 Å². The van der Waals surface area contributed by atoms with E-state index in [9.17, 15) is 19.2 Å². The van der Waals surface area contributed by atoms with E-state index in [0.29, 0.717) is 72.7 Å². The summed E-state index contributed by atoms with van der Waals surface area (Å²) in [6, 6.07) is 25.4. The summed E-state index contributed by atoms with van der Waals surface area (Å²) in [6.45, 7) is 10.8. The van der Waals surface area contributed by atoms with Crippen LogP contribution in [0.5, 0.6) is 28.7 Å². The molecule has 0 saturated carbocycles. The second-order valence-corrected chi connectivity index (χ2v) is 13.3. The van der Waals surface area contributed by atoms with Gasteiger partial charge in [-0.25, -0.2) is 19.2 Å². The van der Waals surface area contributed by atoms with Gasteiger partial charge in [0.05, 0.1) is 56.6 Å². The molecule has 320 valence electrons. The standard InChI is InChI=1S/C48H52N2O11/c1-4-45(51)58-31-13-9-7-11-29-56-40-24-18-38(19-25-40)47(53)60-42-22-15-36(16-23-42)34-49-50-35-37-17-28-43(44(33-37)55-6-3)61-48(54)39-20-26-41(27-21-39)57-30-12-8-10-14-32-59-46(52)5-2/h4-5,15-28,33-35H,1-2,6-14,29-32H2,3H3. The summed E-state index contributed by atoms with van der Waals surface area (Å²) in [5.74, 6) is 0.465. The zero-order valence-corrected chi connectivity index (χ0v) is 34.5. The fourth-order valence-corrected chi connectivity index (χ4v) is 5.44. The van der Waals surface area contributed by atoms with Crippen LogP contribution in [0.2, 0.25) is 0 Å². The van der Waals surface area contributed by atoms with Crippen LogP contribution in [0.1, 0.15) is 90.1 Å². The van der Waals surface area contributed by atoms with Crippen molar-refractivity contribution in [3.8, 4) is 28.7 Å². The first-order chi connectivity index (χ1) is 29.8. The van der Waals surface area contributed by atoms with Crippen LogP contribution >= 0.6 is 0 Å². The van der Waals surface area contributed by atoms with Gasteiger partial charge in [-0.2, -0.15) is 10.2 Å². The minimum absolute atomic E-state index is 0.264. The minimum atomic E-state index is -0.543. The van der Waals surface area contributed by atoms with Gasteiger partial charge >= 0.3 is 23.9 Å². The van der Waals surface area contributed by atoms with Crippen LogP contribution in [0.3, 0.4) is 0 Å². The average Bonchev–Trinajstić information content (AvgIpc) is 3.28. The molecule has 13 heteroatoms. The van der Waals surface area contributed by atoms with Crippen molar-refractivity contribution in [1.82, 2.24) is 0 Å². The van der Waals surface area contributed by atoms with Gasteiger partial charge in [0, 0.05) is 12.2 Å². The van der Waals surface area contributed by atoms with E-state index < -0.39 is 23.9 Å². The fourth-order valence-electron chi connectivity index (χ4n) is 5.44. The number of hydrogen-bond acceptors (Lipinski definition) is 13. The van der Waals surface area contributed by atoms with Crippen molar-refractivity contribution >= 4 is 36.3 Å². The molecule has 61 heavy (non-hydrogen) atoms. The van der Waals surface area contributed by atoms with Crippen LogP contribution in [-0.2, 0) is 19.1 Å². The topological polar surface area (TPSA) is 158 Å². The van der Waals surface area contributed by atoms with E-state index in [-0.39, 0.29) is 5.75 Å². The molecule has 0 atom stereocenters. The molecule has 0 heterocycles. The summed E-state index contributed by atoms with van der Waals surface area (Å²) < 4.78 is 38.4. The first-order valence-corrected chi connectivity index (χ1v) is 20.2. The van der Waals surface area contributed by atoms with E-state index in [2.05, 4.69) is 23.4 Å². The highest BCUT2D eigenvalue weighted by molar-refractivity contribution is 5.92. The fraction of sp³-hybridized carbons (Fsp3) is 0.292. The summed E-state index contributed by atoms with van der Waals surface area (Å²) >= 11 is 0. The maximum Gasteiger partial charge on any atom is 0.343 e. The molecule has 13 nitrogen and oxygen atoms in total. The highest BCUT2D eigenvalue weighted by Gasteiger charge is 2.14. The largest absolute Gasteiger partial charge is 0.494 e. The van der Waals surface area contributed by atoms with Crippen molar-refractivity contribution in [2.45, 2.75) is 58.3 Å². The molecule has 0 unspecified atom stereocenters. The molecular weight excluding hydrogens is 781 g/mol. The molecule has 0 radical (unpaired) electrons. The number of ether oxygens (including phenoxy) is 7. The van der Waals surface area contributed by atoms with Crippen LogP contribution in [0.4, 0.5) is 0 Å². The predicted octanol–water partition coefficient (Wildman–Crippen LogP) is 9.31. The summed E-state index contributed by atoms with van der Waals surface area (Å²) in [7, 11) is 0. The predicted molar refractivity (Wildman–Crippen MR) is 232 cm³/mol. The Hall–Kier alpha value is -7.02. The van der Waals surface area contributed by atoms with E-state index in [1.807, 2.05) is 6.92 Å². The van der Waals surface area contributed by atoms with Gasteiger partial charge in [0.25, 0.3) is 0 Å². The Morgan fingerprint density at radius 3 is 1.43 bits per heavy atom. The maximum absolute atomic E-state index is 13.0. The lowest BCUT2D eigenvalue weighted by Gasteiger charge is -2.12. The van der Waals surface area contributed by atoms with E-state index in [1.54, 1.807) is 103 Å². The lowest BCUT2D eigenvalue weighted by Crippen LogP contribution is -2.10. The van der Waals surface area contributed by atoms with Crippen LogP contribution in [-0.4, -0.2) is 69.3 Å². The van der Waals surface area contributed by atoms with Gasteiger partial charge in [-0.05, 0) is 160 Å². The molecule has 0 amide bonds. The number of benzene rings is 4. The molecule has 0 bridgehead atoms. The first kappa shape index (κ1) is 46.7. The van der Waals surface area contributed by atoms with Gasteiger partial charge in [0.2, 0.25) is 0 Å². The molecule has 0 aliphatic rings. The molecule has 0 fully saturated rings. The zero-order chi connectivity index (χ0) is 43.5. The number of unbranched alkanes of at least 4 members (excludes halogenated alkanes) is 6. The molecule has 0 aliphatic heterocycles. The molecule has 0 saturated heterocycles. The number of esters is 4.